The van der Waals surface area contributed by atoms with Crippen molar-refractivity contribution in [2.75, 3.05) is 0 Å². The number of aryl methyl sites for hydroxylation is 1. The van der Waals surface area contributed by atoms with Crippen molar-refractivity contribution in [1.82, 2.24) is 4.98 Å². The lowest BCUT2D eigenvalue weighted by Gasteiger charge is -2.12. The molecule has 2 N–H and O–H groups in total. The summed E-state index contributed by atoms with van der Waals surface area (Å²) in [7, 11) is 0. The number of ether oxygens (including phenoxy) is 1. The standard InChI is InChI=1S/C9H11F3N2O/c1-5-3-8(15-9(10,11)12)14-7(4-13)6(5)2/h3H,4,13H2,1-2H3. The van der Waals surface area contributed by atoms with E-state index in [4.69, 9.17) is 5.73 Å². The molecule has 0 aliphatic rings. The largest absolute Gasteiger partial charge is 0.574 e. The van der Waals surface area contributed by atoms with Gasteiger partial charge in [0.15, 0.2) is 0 Å². The molecule has 0 unspecified atom stereocenters. The monoisotopic (exact) mass is 220 g/mol. The second kappa shape index (κ2) is 4.06. The first-order chi connectivity index (χ1) is 6.83. The topological polar surface area (TPSA) is 48.1 Å². The van der Waals surface area contributed by atoms with Gasteiger partial charge in [0.2, 0.25) is 5.88 Å². The molecule has 0 fully saturated rings. The highest BCUT2D eigenvalue weighted by Gasteiger charge is 2.32. The van der Waals surface area contributed by atoms with E-state index in [1.165, 1.54) is 6.07 Å². The van der Waals surface area contributed by atoms with Crippen LogP contribution in [-0.2, 0) is 6.54 Å². The van der Waals surface area contributed by atoms with E-state index in [1.54, 1.807) is 13.8 Å². The molecular formula is C9H11F3N2O. The summed E-state index contributed by atoms with van der Waals surface area (Å²) in [6.45, 7) is 3.52. The Balaban J connectivity index is 3.06. The molecule has 1 rings (SSSR count). The van der Waals surface area contributed by atoms with Crippen molar-refractivity contribution >= 4 is 0 Å². The maximum absolute atomic E-state index is 11.9. The normalized spacial score (nSPS) is 11.6. The molecule has 6 heteroatoms. The molecule has 0 aliphatic heterocycles. The van der Waals surface area contributed by atoms with Crippen LogP contribution >= 0.6 is 0 Å². The van der Waals surface area contributed by atoms with Crippen molar-refractivity contribution in [3.63, 3.8) is 0 Å². The van der Waals surface area contributed by atoms with Gasteiger partial charge >= 0.3 is 6.36 Å². The van der Waals surface area contributed by atoms with Crippen LogP contribution < -0.4 is 10.5 Å². The number of rotatable bonds is 2. The SMILES string of the molecule is Cc1cc(OC(F)(F)F)nc(CN)c1C. The maximum atomic E-state index is 11.9. The van der Waals surface area contributed by atoms with Gasteiger partial charge in [-0.2, -0.15) is 0 Å². The van der Waals surface area contributed by atoms with Gasteiger partial charge in [0.1, 0.15) is 0 Å². The Hall–Kier alpha value is -1.30. The van der Waals surface area contributed by atoms with Gasteiger partial charge in [0, 0.05) is 12.6 Å². The molecule has 0 aliphatic carbocycles. The summed E-state index contributed by atoms with van der Waals surface area (Å²) in [5.41, 5.74) is 7.22. The van der Waals surface area contributed by atoms with Crippen LogP contribution in [0.4, 0.5) is 13.2 Å². The minimum atomic E-state index is -4.72. The van der Waals surface area contributed by atoms with E-state index >= 15 is 0 Å². The number of nitrogens with two attached hydrogens (primary N) is 1. The zero-order valence-corrected chi connectivity index (χ0v) is 8.35. The Bertz CT molecular complexity index is 363. The second-order valence-corrected chi connectivity index (χ2v) is 3.10. The minimum absolute atomic E-state index is 0.0851. The number of hydrogen-bond acceptors (Lipinski definition) is 3. The van der Waals surface area contributed by atoms with Gasteiger partial charge in [-0.1, -0.05) is 0 Å². The van der Waals surface area contributed by atoms with Crippen LogP contribution in [0, 0.1) is 13.8 Å². The second-order valence-electron chi connectivity index (χ2n) is 3.10. The fraction of sp³-hybridized carbons (Fsp3) is 0.444. The molecule has 0 saturated heterocycles. The average Bonchev–Trinajstić information content (AvgIpc) is 2.08. The van der Waals surface area contributed by atoms with E-state index in [0.717, 1.165) is 5.56 Å². The molecule has 1 aromatic heterocycles. The highest BCUT2D eigenvalue weighted by atomic mass is 19.4. The van der Waals surface area contributed by atoms with Crippen LogP contribution in [0.15, 0.2) is 6.07 Å². The number of alkyl halides is 3. The maximum Gasteiger partial charge on any atom is 0.574 e. The van der Waals surface area contributed by atoms with Gasteiger partial charge in [-0.15, -0.1) is 13.2 Å². The average molecular weight is 220 g/mol. The van der Waals surface area contributed by atoms with Crippen molar-refractivity contribution in [2.24, 2.45) is 5.73 Å². The Morgan fingerprint density at radius 2 is 2.00 bits per heavy atom. The highest BCUT2D eigenvalue weighted by molar-refractivity contribution is 5.33. The first-order valence-electron chi connectivity index (χ1n) is 4.26. The summed E-state index contributed by atoms with van der Waals surface area (Å²) < 4.78 is 39.5. The summed E-state index contributed by atoms with van der Waals surface area (Å²) in [5.74, 6) is -0.467. The predicted molar refractivity (Wildman–Crippen MR) is 48.3 cm³/mol. The lowest BCUT2D eigenvalue weighted by Crippen LogP contribution is -2.19. The summed E-state index contributed by atoms with van der Waals surface area (Å²) in [4.78, 5) is 3.67. The molecular weight excluding hydrogens is 209 g/mol. The van der Waals surface area contributed by atoms with Crippen molar-refractivity contribution in [2.45, 2.75) is 26.8 Å². The van der Waals surface area contributed by atoms with E-state index in [-0.39, 0.29) is 6.54 Å². The van der Waals surface area contributed by atoms with E-state index < -0.39 is 12.2 Å². The Morgan fingerprint density at radius 3 is 2.47 bits per heavy atom. The summed E-state index contributed by atoms with van der Waals surface area (Å²) in [6, 6.07) is 1.24. The molecule has 84 valence electrons. The minimum Gasteiger partial charge on any atom is -0.388 e. The first kappa shape index (κ1) is 11.8. The molecule has 0 atom stereocenters. The lowest BCUT2D eigenvalue weighted by molar-refractivity contribution is -0.276. The molecule has 0 bridgehead atoms. The number of hydrogen-bond donors (Lipinski definition) is 1. The van der Waals surface area contributed by atoms with Crippen molar-refractivity contribution < 1.29 is 17.9 Å². The number of halogens is 3. The van der Waals surface area contributed by atoms with Crippen LogP contribution in [0.1, 0.15) is 16.8 Å². The van der Waals surface area contributed by atoms with Gasteiger partial charge in [0.05, 0.1) is 5.69 Å². The third-order valence-electron chi connectivity index (χ3n) is 2.02. The van der Waals surface area contributed by atoms with Crippen molar-refractivity contribution in [3.8, 4) is 5.88 Å². The molecule has 3 nitrogen and oxygen atoms in total. The van der Waals surface area contributed by atoms with Gasteiger partial charge in [0.25, 0.3) is 0 Å². The Kier molecular flexibility index (Phi) is 3.18. The zero-order valence-electron chi connectivity index (χ0n) is 8.35. The molecule has 1 heterocycles. The van der Waals surface area contributed by atoms with Gasteiger partial charge < -0.3 is 10.5 Å². The molecule has 0 radical (unpaired) electrons. The molecule has 0 aromatic carbocycles. The van der Waals surface area contributed by atoms with Crippen LogP contribution in [-0.4, -0.2) is 11.3 Å². The van der Waals surface area contributed by atoms with E-state index in [9.17, 15) is 13.2 Å². The fourth-order valence-electron chi connectivity index (χ4n) is 1.14. The smallest absolute Gasteiger partial charge is 0.388 e. The van der Waals surface area contributed by atoms with E-state index in [2.05, 4.69) is 9.72 Å². The molecule has 15 heavy (non-hydrogen) atoms. The van der Waals surface area contributed by atoms with Crippen molar-refractivity contribution in [3.05, 3.63) is 22.9 Å². The third-order valence-corrected chi connectivity index (χ3v) is 2.02. The van der Waals surface area contributed by atoms with Crippen LogP contribution in [0.3, 0.4) is 0 Å². The fourth-order valence-corrected chi connectivity index (χ4v) is 1.14. The third kappa shape index (κ3) is 3.09. The van der Waals surface area contributed by atoms with Gasteiger partial charge in [-0.25, -0.2) is 4.98 Å². The Morgan fingerprint density at radius 1 is 1.40 bits per heavy atom. The summed E-state index contributed by atoms with van der Waals surface area (Å²) in [6.07, 6.45) is -4.72. The zero-order chi connectivity index (χ0) is 11.6. The molecule has 0 amide bonds. The van der Waals surface area contributed by atoms with Crippen LogP contribution in [0.5, 0.6) is 5.88 Å². The van der Waals surface area contributed by atoms with Gasteiger partial charge in [-0.05, 0) is 25.0 Å². The molecule has 0 spiro atoms. The summed E-state index contributed by atoms with van der Waals surface area (Å²) >= 11 is 0. The Labute approximate surface area is 85.1 Å². The van der Waals surface area contributed by atoms with E-state index in [1.807, 2.05) is 0 Å². The highest BCUT2D eigenvalue weighted by Crippen LogP contribution is 2.23. The number of aromatic nitrogens is 1. The lowest BCUT2D eigenvalue weighted by atomic mass is 10.1. The first-order valence-corrected chi connectivity index (χ1v) is 4.26. The van der Waals surface area contributed by atoms with Crippen molar-refractivity contribution in [1.29, 1.82) is 0 Å². The number of nitrogens with zero attached hydrogens (tertiary/aromatic N) is 1. The number of pyridine rings is 1. The van der Waals surface area contributed by atoms with Gasteiger partial charge in [-0.3, -0.25) is 0 Å². The van der Waals surface area contributed by atoms with E-state index in [0.29, 0.717) is 11.3 Å². The predicted octanol–water partition coefficient (Wildman–Crippen LogP) is 2.06. The summed E-state index contributed by atoms with van der Waals surface area (Å²) in [5, 5.41) is 0. The molecule has 1 aromatic rings. The van der Waals surface area contributed by atoms with Crippen LogP contribution in [0.2, 0.25) is 0 Å². The quantitative estimate of drug-likeness (QED) is 0.829. The molecule has 0 saturated carbocycles. The van der Waals surface area contributed by atoms with Crippen LogP contribution in [0.25, 0.3) is 0 Å².